The highest BCUT2D eigenvalue weighted by atomic mass is 35.5. The van der Waals surface area contributed by atoms with Crippen LogP contribution in [0.3, 0.4) is 0 Å². The third-order valence-corrected chi connectivity index (χ3v) is 6.55. The van der Waals surface area contributed by atoms with Crippen LogP contribution in [0.15, 0.2) is 83.1 Å². The van der Waals surface area contributed by atoms with Crippen LogP contribution in [0.1, 0.15) is 19.4 Å². The third-order valence-electron chi connectivity index (χ3n) is 5.07. The number of nitrogens with one attached hydrogen (secondary N) is 1. The van der Waals surface area contributed by atoms with Crippen LogP contribution in [0.2, 0.25) is 10.0 Å². The molecule has 0 saturated heterocycles. The van der Waals surface area contributed by atoms with Gasteiger partial charge in [0.2, 0.25) is 0 Å². The summed E-state index contributed by atoms with van der Waals surface area (Å²) in [5.41, 5.74) is 5.60. The van der Waals surface area contributed by atoms with Gasteiger partial charge in [-0.2, -0.15) is 5.10 Å². The largest absolute Gasteiger partial charge is 0.494 e. The van der Waals surface area contributed by atoms with Gasteiger partial charge in [-0.15, -0.1) is 10.2 Å². The van der Waals surface area contributed by atoms with Crippen LogP contribution in [0, 0.1) is 0 Å². The van der Waals surface area contributed by atoms with Crippen molar-refractivity contribution in [3.05, 3.63) is 88.4 Å². The Labute approximate surface area is 223 Å². The molecule has 0 unspecified atom stereocenters. The van der Waals surface area contributed by atoms with Gasteiger partial charge in [0.15, 0.2) is 11.0 Å². The van der Waals surface area contributed by atoms with Crippen molar-refractivity contribution < 1.29 is 9.53 Å². The van der Waals surface area contributed by atoms with Crippen molar-refractivity contribution in [3.63, 3.8) is 0 Å². The second-order valence-electron chi connectivity index (χ2n) is 7.58. The first-order chi connectivity index (χ1) is 17.5. The maximum absolute atomic E-state index is 12.6. The van der Waals surface area contributed by atoms with E-state index < -0.39 is 0 Å². The van der Waals surface area contributed by atoms with Crippen LogP contribution in [0.25, 0.3) is 17.1 Å². The molecule has 1 heterocycles. The van der Waals surface area contributed by atoms with E-state index in [0.29, 0.717) is 38.9 Å². The summed E-state index contributed by atoms with van der Waals surface area (Å²) in [7, 11) is 0. The predicted molar refractivity (Wildman–Crippen MR) is 146 cm³/mol. The van der Waals surface area contributed by atoms with Crippen molar-refractivity contribution in [2.45, 2.75) is 19.0 Å². The maximum atomic E-state index is 12.6. The number of hydrogen-bond acceptors (Lipinski definition) is 6. The van der Waals surface area contributed by atoms with Gasteiger partial charge in [0.1, 0.15) is 5.75 Å². The lowest BCUT2D eigenvalue weighted by Gasteiger charge is -2.11. The lowest BCUT2D eigenvalue weighted by atomic mass is 10.1. The number of rotatable bonds is 9. The molecule has 0 spiro atoms. The molecule has 3 aromatic carbocycles. The highest BCUT2D eigenvalue weighted by Crippen LogP contribution is 2.29. The van der Waals surface area contributed by atoms with Crippen LogP contribution >= 0.6 is 35.0 Å². The van der Waals surface area contributed by atoms with Crippen molar-refractivity contribution in [1.82, 2.24) is 20.2 Å². The van der Waals surface area contributed by atoms with Crippen LogP contribution in [0.5, 0.6) is 5.75 Å². The number of benzene rings is 3. The number of halogens is 2. The van der Waals surface area contributed by atoms with Gasteiger partial charge in [0.25, 0.3) is 5.91 Å². The van der Waals surface area contributed by atoms with E-state index in [9.17, 15) is 4.79 Å². The molecule has 4 aromatic rings. The summed E-state index contributed by atoms with van der Waals surface area (Å²) >= 11 is 13.4. The van der Waals surface area contributed by atoms with Gasteiger partial charge >= 0.3 is 0 Å². The van der Waals surface area contributed by atoms with Gasteiger partial charge in [-0.25, -0.2) is 5.43 Å². The summed E-state index contributed by atoms with van der Waals surface area (Å²) in [6.45, 7) is 4.29. The highest BCUT2D eigenvalue weighted by Gasteiger charge is 2.17. The Morgan fingerprint density at radius 1 is 1.06 bits per heavy atom. The molecule has 0 radical (unpaired) electrons. The van der Waals surface area contributed by atoms with E-state index in [-0.39, 0.29) is 11.7 Å². The minimum absolute atomic E-state index is 0.0923. The summed E-state index contributed by atoms with van der Waals surface area (Å²) in [5, 5.41) is 14.5. The van der Waals surface area contributed by atoms with Crippen LogP contribution < -0.4 is 10.2 Å². The number of amides is 1. The second kappa shape index (κ2) is 12.1. The van der Waals surface area contributed by atoms with Crippen molar-refractivity contribution in [1.29, 1.82) is 0 Å². The maximum Gasteiger partial charge on any atom is 0.250 e. The zero-order valence-corrected chi connectivity index (χ0v) is 21.9. The van der Waals surface area contributed by atoms with E-state index >= 15 is 0 Å². The van der Waals surface area contributed by atoms with E-state index in [4.69, 9.17) is 27.9 Å². The molecule has 0 bridgehead atoms. The number of aromatic nitrogens is 3. The molecule has 0 aliphatic carbocycles. The normalized spacial score (nSPS) is 11.4. The molecule has 0 atom stereocenters. The Morgan fingerprint density at radius 3 is 2.50 bits per heavy atom. The fraction of sp³-hybridized carbons (Fsp3) is 0.154. The van der Waals surface area contributed by atoms with Crippen LogP contribution in [-0.2, 0) is 4.79 Å². The van der Waals surface area contributed by atoms with Crippen LogP contribution in [-0.4, -0.2) is 38.7 Å². The predicted octanol–water partition coefficient (Wildman–Crippen LogP) is 6.27. The zero-order valence-electron chi connectivity index (χ0n) is 19.6. The number of hydrogen-bond donors (Lipinski definition) is 1. The summed E-state index contributed by atoms with van der Waals surface area (Å²) in [6.07, 6.45) is 0. The third kappa shape index (κ3) is 6.26. The first-order valence-corrected chi connectivity index (χ1v) is 12.9. The Balaban J connectivity index is 1.52. The van der Waals surface area contributed by atoms with Gasteiger partial charge in [-0.3, -0.25) is 9.36 Å². The average Bonchev–Trinajstić information content (AvgIpc) is 3.31. The zero-order chi connectivity index (χ0) is 25.5. The molecule has 0 aliphatic heterocycles. The Bertz CT molecular complexity index is 1380. The Morgan fingerprint density at radius 2 is 1.81 bits per heavy atom. The van der Waals surface area contributed by atoms with Gasteiger partial charge in [0.05, 0.1) is 23.1 Å². The number of carbonyl (C=O) groups is 1. The smallest absolute Gasteiger partial charge is 0.250 e. The average molecular weight is 540 g/mol. The minimum atomic E-state index is -0.285. The monoisotopic (exact) mass is 539 g/mol. The molecule has 7 nitrogen and oxygen atoms in total. The molecule has 0 fully saturated rings. The standard InChI is InChI=1S/C26H23Cl2N5O2S/c1-3-35-21-12-10-20(11-13-21)33-25(18-7-5-4-6-8-18)31-32-26(33)36-16-24(34)30-29-17(2)22-14-9-19(27)15-23(22)28/h4-15H,3,16H2,1-2H3,(H,30,34). The van der Waals surface area contributed by atoms with Crippen LogP contribution in [0.4, 0.5) is 0 Å². The first kappa shape index (κ1) is 25.8. The quantitative estimate of drug-likeness (QED) is 0.154. The Hall–Kier alpha value is -3.33. The van der Waals surface area contributed by atoms with Gasteiger partial charge in [-0.05, 0) is 50.2 Å². The molecule has 36 heavy (non-hydrogen) atoms. The van der Waals surface area contributed by atoms with Crippen molar-refractivity contribution in [2.75, 3.05) is 12.4 Å². The molecule has 0 saturated carbocycles. The van der Waals surface area contributed by atoms with E-state index in [1.807, 2.05) is 66.1 Å². The van der Waals surface area contributed by atoms with E-state index in [1.165, 1.54) is 11.8 Å². The van der Waals surface area contributed by atoms with Gasteiger partial charge in [-0.1, -0.05) is 71.4 Å². The number of hydrazone groups is 1. The summed E-state index contributed by atoms with van der Waals surface area (Å²) in [6, 6.07) is 22.6. The number of carbonyl (C=O) groups excluding carboxylic acids is 1. The van der Waals surface area contributed by atoms with Crippen molar-refractivity contribution in [2.24, 2.45) is 5.10 Å². The molecular formula is C26H23Cl2N5O2S. The highest BCUT2D eigenvalue weighted by molar-refractivity contribution is 7.99. The molecule has 10 heteroatoms. The van der Waals surface area contributed by atoms with E-state index in [1.54, 1.807) is 25.1 Å². The van der Waals surface area contributed by atoms with E-state index in [2.05, 4.69) is 20.7 Å². The van der Waals surface area contributed by atoms with Crippen molar-refractivity contribution >= 4 is 46.6 Å². The molecule has 184 valence electrons. The molecule has 1 amide bonds. The summed E-state index contributed by atoms with van der Waals surface area (Å²) in [4.78, 5) is 12.6. The van der Waals surface area contributed by atoms with Gasteiger partial charge in [0, 0.05) is 21.8 Å². The van der Waals surface area contributed by atoms with Crippen molar-refractivity contribution in [3.8, 4) is 22.8 Å². The van der Waals surface area contributed by atoms with Gasteiger partial charge < -0.3 is 4.74 Å². The lowest BCUT2D eigenvalue weighted by molar-refractivity contribution is -0.118. The summed E-state index contributed by atoms with van der Waals surface area (Å²) in [5.74, 6) is 1.26. The second-order valence-corrected chi connectivity index (χ2v) is 9.37. The SMILES string of the molecule is CCOc1ccc(-n2c(SCC(=O)NN=C(C)c3ccc(Cl)cc3Cl)nnc2-c2ccccc2)cc1. The summed E-state index contributed by atoms with van der Waals surface area (Å²) < 4.78 is 7.49. The van der Waals surface area contributed by atoms with E-state index in [0.717, 1.165) is 17.0 Å². The first-order valence-electron chi connectivity index (χ1n) is 11.1. The number of ether oxygens (including phenoxy) is 1. The molecule has 0 aliphatic rings. The number of nitrogens with zero attached hydrogens (tertiary/aromatic N) is 4. The number of thioether (sulfide) groups is 1. The fourth-order valence-electron chi connectivity index (χ4n) is 3.38. The minimum Gasteiger partial charge on any atom is -0.494 e. The Kier molecular flexibility index (Phi) is 8.64. The molecule has 1 N–H and O–H groups in total. The lowest BCUT2D eigenvalue weighted by Crippen LogP contribution is -2.21. The fourth-order valence-corrected chi connectivity index (χ4v) is 4.67. The topological polar surface area (TPSA) is 81.4 Å². The molecule has 4 rings (SSSR count). The molecule has 1 aromatic heterocycles. The molecular weight excluding hydrogens is 517 g/mol.